The van der Waals surface area contributed by atoms with Crippen LogP contribution in [-0.2, 0) is 19.3 Å². The molecule has 0 aliphatic heterocycles. The molecule has 5 nitrogen and oxygen atoms in total. The van der Waals surface area contributed by atoms with Gasteiger partial charge in [-0.1, -0.05) is 18.2 Å². The second kappa shape index (κ2) is 10.8. The molecule has 0 unspecified atom stereocenters. The fourth-order valence-electron chi connectivity index (χ4n) is 2.56. The molecule has 2 aromatic rings. The Labute approximate surface area is 177 Å². The van der Waals surface area contributed by atoms with Gasteiger partial charge in [0.2, 0.25) is 0 Å². The van der Waals surface area contributed by atoms with Crippen molar-refractivity contribution >= 4 is 47.8 Å². The summed E-state index contributed by atoms with van der Waals surface area (Å²) in [5, 5.41) is 3.61. The number of halogens is 2. The van der Waals surface area contributed by atoms with E-state index in [0.29, 0.717) is 27.8 Å². The molecule has 1 N–H and O–H groups in total. The van der Waals surface area contributed by atoms with Gasteiger partial charge in [0.1, 0.15) is 0 Å². The fourth-order valence-corrected chi connectivity index (χ4v) is 4.82. The van der Waals surface area contributed by atoms with Crippen LogP contribution in [0.25, 0.3) is 10.8 Å². The normalized spacial score (nSPS) is 12.3. The number of fused-ring (bicyclic) bond motifs is 1. The second-order valence-corrected chi connectivity index (χ2v) is 10.1. The monoisotopic (exact) mass is 463 g/mol. The van der Waals surface area contributed by atoms with Crippen molar-refractivity contribution < 1.29 is 27.2 Å². The Bertz CT molecular complexity index is 884. The number of carbonyl (C=O) groups excluding carboxylic acids is 1. The largest absolute Gasteiger partial charge is 0.404 e. The molecule has 0 atom stereocenters. The molecule has 0 radical (unpaired) electrons. The maximum Gasteiger partial charge on any atom is 0.404 e. The molecule has 0 fully saturated rings. The van der Waals surface area contributed by atoms with Crippen molar-refractivity contribution in [2.45, 2.75) is 5.66 Å². The van der Waals surface area contributed by atoms with Crippen molar-refractivity contribution in [1.29, 1.82) is 0 Å². The molecule has 0 aliphatic carbocycles. The number of nitrogens with one attached hydrogen (secondary N) is 1. The summed E-state index contributed by atoms with van der Waals surface area (Å²) in [4.78, 5) is 11.8. The Morgan fingerprint density at radius 2 is 1.62 bits per heavy atom. The van der Waals surface area contributed by atoms with Crippen molar-refractivity contribution in [2.75, 3.05) is 44.3 Å². The van der Waals surface area contributed by atoms with Crippen LogP contribution in [0.4, 0.5) is 8.78 Å². The number of rotatable bonds is 11. The van der Waals surface area contributed by atoms with Crippen molar-refractivity contribution in [3.05, 3.63) is 47.5 Å². The average molecular weight is 464 g/mol. The first-order valence-corrected chi connectivity index (χ1v) is 13.1. The molecule has 0 bridgehead atoms. The molecule has 29 heavy (non-hydrogen) atoms. The third-order valence-corrected chi connectivity index (χ3v) is 7.26. The van der Waals surface area contributed by atoms with E-state index in [9.17, 15) is 9.36 Å². The summed E-state index contributed by atoms with van der Waals surface area (Å²) in [5.41, 5.74) is -3.96. The van der Waals surface area contributed by atoms with E-state index in [4.69, 9.17) is 9.05 Å². The van der Waals surface area contributed by atoms with Crippen LogP contribution < -0.4 is 5.32 Å². The van der Waals surface area contributed by atoms with Gasteiger partial charge in [-0.3, -0.25) is 9.36 Å². The summed E-state index contributed by atoms with van der Waals surface area (Å²) in [6.45, 7) is -0.219. The quantitative estimate of drug-likeness (QED) is 0.365. The zero-order valence-electron chi connectivity index (χ0n) is 16.4. The second-order valence-electron chi connectivity index (χ2n) is 6.05. The van der Waals surface area contributed by atoms with Crippen molar-refractivity contribution in [1.82, 2.24) is 5.32 Å². The maximum atomic E-state index is 15.3. The third-order valence-electron chi connectivity index (χ3n) is 4.12. The molecule has 10 heteroatoms. The summed E-state index contributed by atoms with van der Waals surface area (Å²) in [6, 6.07) is 8.74. The predicted octanol–water partition coefficient (Wildman–Crippen LogP) is 5.20. The lowest BCUT2D eigenvalue weighted by Gasteiger charge is -2.27. The Kier molecular flexibility index (Phi) is 8.97. The highest BCUT2D eigenvalue weighted by atomic mass is 32.2. The van der Waals surface area contributed by atoms with Crippen molar-refractivity contribution in [2.24, 2.45) is 0 Å². The average Bonchev–Trinajstić information content (AvgIpc) is 2.72. The molecular weight excluding hydrogens is 439 g/mol. The number of benzene rings is 2. The molecule has 0 heterocycles. The molecule has 160 valence electrons. The number of carbonyl (C=O) groups is 1. The summed E-state index contributed by atoms with van der Waals surface area (Å²) < 4.78 is 53.9. The maximum absolute atomic E-state index is 15.3. The predicted molar refractivity (Wildman–Crippen MR) is 118 cm³/mol. The topological polar surface area (TPSA) is 64.6 Å². The van der Waals surface area contributed by atoms with Gasteiger partial charge in [-0.2, -0.15) is 32.3 Å². The van der Waals surface area contributed by atoms with Crippen LogP contribution in [0.15, 0.2) is 36.4 Å². The first-order valence-electron chi connectivity index (χ1n) is 8.80. The number of amides is 1. The lowest BCUT2D eigenvalue weighted by Crippen LogP contribution is -2.20. The number of alkyl halides is 2. The van der Waals surface area contributed by atoms with Gasteiger partial charge in [0.25, 0.3) is 5.91 Å². The lowest BCUT2D eigenvalue weighted by molar-refractivity contribution is 0.0367. The standard InChI is InChI=1S/C19H24F2NO4PS2/c1-22-18(23)15-5-4-14-6-7-17(13-16(14)12-15)19(20,21)27(24,25-8-10-28-2)26-9-11-29-3/h4-7,12-13H,8-11H2,1-3H3,(H,22,23). The molecule has 0 saturated heterocycles. The van der Waals surface area contributed by atoms with Crippen LogP contribution in [0.2, 0.25) is 0 Å². The highest BCUT2D eigenvalue weighted by Crippen LogP contribution is 2.67. The smallest absolute Gasteiger partial charge is 0.355 e. The molecule has 2 aromatic carbocycles. The van der Waals surface area contributed by atoms with E-state index >= 15 is 8.78 Å². The molecule has 0 saturated carbocycles. The molecule has 0 aliphatic rings. The van der Waals surface area contributed by atoms with Gasteiger partial charge in [-0.05, 0) is 41.5 Å². The van der Waals surface area contributed by atoms with Crippen molar-refractivity contribution in [3.8, 4) is 0 Å². The van der Waals surface area contributed by atoms with Gasteiger partial charge in [-0.25, -0.2) is 0 Å². The Morgan fingerprint density at radius 3 is 2.17 bits per heavy atom. The number of hydrogen-bond acceptors (Lipinski definition) is 6. The zero-order valence-corrected chi connectivity index (χ0v) is 19.0. The first kappa shape index (κ1) is 24.2. The third kappa shape index (κ3) is 5.73. The highest BCUT2D eigenvalue weighted by molar-refractivity contribution is 7.98. The van der Waals surface area contributed by atoms with Gasteiger partial charge in [0.05, 0.1) is 13.2 Å². The van der Waals surface area contributed by atoms with Gasteiger partial charge in [0.15, 0.2) is 0 Å². The fraction of sp³-hybridized carbons (Fsp3) is 0.421. The minimum atomic E-state index is -4.76. The van der Waals surface area contributed by atoms with Gasteiger partial charge < -0.3 is 14.4 Å². The summed E-state index contributed by atoms with van der Waals surface area (Å²) in [5.74, 6) is 0.508. The summed E-state index contributed by atoms with van der Waals surface area (Å²) in [7, 11) is -3.27. The van der Waals surface area contributed by atoms with E-state index in [1.165, 1.54) is 54.8 Å². The van der Waals surface area contributed by atoms with E-state index in [1.807, 2.05) is 0 Å². The Hall–Kier alpha value is -1.12. The van der Waals surface area contributed by atoms with Crippen LogP contribution in [-0.4, -0.2) is 50.2 Å². The summed E-state index contributed by atoms with van der Waals surface area (Å²) >= 11 is 2.79. The van der Waals surface area contributed by atoms with E-state index in [-0.39, 0.29) is 19.1 Å². The zero-order chi connectivity index (χ0) is 21.5. The highest BCUT2D eigenvalue weighted by Gasteiger charge is 2.55. The van der Waals surface area contributed by atoms with E-state index in [2.05, 4.69) is 5.32 Å². The molecule has 1 amide bonds. The van der Waals surface area contributed by atoms with Crippen LogP contribution in [0.1, 0.15) is 15.9 Å². The van der Waals surface area contributed by atoms with Gasteiger partial charge in [0, 0.05) is 29.7 Å². The van der Waals surface area contributed by atoms with Crippen LogP contribution in [0.5, 0.6) is 0 Å². The van der Waals surface area contributed by atoms with Crippen molar-refractivity contribution in [3.63, 3.8) is 0 Å². The van der Waals surface area contributed by atoms with Crippen LogP contribution >= 0.6 is 31.1 Å². The van der Waals surface area contributed by atoms with Gasteiger partial charge in [-0.15, -0.1) is 0 Å². The van der Waals surface area contributed by atoms with E-state index < -0.39 is 18.8 Å². The Balaban J connectivity index is 2.43. The number of hydrogen-bond donors (Lipinski definition) is 1. The molecule has 0 aromatic heterocycles. The van der Waals surface area contributed by atoms with Gasteiger partial charge >= 0.3 is 13.3 Å². The molecular formula is C19H24F2NO4PS2. The molecule has 2 rings (SSSR count). The first-order chi connectivity index (χ1) is 13.8. The SMILES string of the molecule is CNC(=O)c1ccc2ccc(C(F)(F)P(=O)(OCCSC)OCCSC)cc2c1. The van der Waals surface area contributed by atoms with Crippen LogP contribution in [0.3, 0.4) is 0 Å². The summed E-state index contributed by atoms with van der Waals surface area (Å²) in [6.07, 6.45) is 3.60. The van der Waals surface area contributed by atoms with E-state index in [0.717, 1.165) is 0 Å². The van der Waals surface area contributed by atoms with Crippen LogP contribution in [0, 0.1) is 0 Å². The van der Waals surface area contributed by atoms with E-state index in [1.54, 1.807) is 24.6 Å². The molecule has 0 spiro atoms. The minimum absolute atomic E-state index is 0.109. The number of thioether (sulfide) groups is 2. The Morgan fingerprint density at radius 1 is 1.03 bits per heavy atom. The minimum Gasteiger partial charge on any atom is -0.355 e. The lowest BCUT2D eigenvalue weighted by atomic mass is 10.0.